The van der Waals surface area contributed by atoms with E-state index in [9.17, 15) is 8.42 Å². The number of benzene rings is 2. The van der Waals surface area contributed by atoms with Crippen LogP contribution in [0.1, 0.15) is 44.9 Å². The fourth-order valence-corrected chi connectivity index (χ4v) is 5.44. The van der Waals surface area contributed by atoms with Crippen molar-refractivity contribution in [2.75, 3.05) is 4.72 Å². The van der Waals surface area contributed by atoms with Crippen LogP contribution < -0.4 is 4.72 Å². The first-order chi connectivity index (χ1) is 13.7. The Morgan fingerprint density at radius 3 is 2.59 bits per heavy atom. The molecule has 154 valence electrons. The van der Waals surface area contributed by atoms with Gasteiger partial charge in [-0.3, -0.25) is 4.72 Å². The van der Waals surface area contributed by atoms with E-state index in [0.717, 1.165) is 46.9 Å². The van der Waals surface area contributed by atoms with Crippen molar-refractivity contribution in [1.82, 2.24) is 0 Å². The second-order valence-corrected chi connectivity index (χ2v) is 11.2. The molecule has 2 aromatic carbocycles. The minimum atomic E-state index is -3.64. The van der Waals surface area contributed by atoms with Crippen molar-refractivity contribution >= 4 is 42.6 Å². The van der Waals surface area contributed by atoms with Crippen molar-refractivity contribution in [3.8, 4) is 0 Å². The number of aryl methyl sites for hydroxylation is 1. The molecule has 29 heavy (non-hydrogen) atoms. The standard InChI is InChI=1S/C23H26BrNO3S/c1-4-23(2,3)15-5-11-21-19(13-15)20-14-17(8-12-22(20)28-21)25-29(26,27)18-9-6-16(24)7-10-18/h6-10,12,14-15,25H,4-5,11,13H2,1-3H3. The summed E-state index contributed by atoms with van der Waals surface area (Å²) < 4.78 is 35.1. The molecule has 0 fully saturated rings. The fourth-order valence-electron chi connectivity index (χ4n) is 4.13. The molecule has 1 heterocycles. The van der Waals surface area contributed by atoms with Crippen LogP contribution in [0.3, 0.4) is 0 Å². The molecular weight excluding hydrogens is 450 g/mol. The number of halogens is 1. The molecule has 0 radical (unpaired) electrons. The van der Waals surface area contributed by atoms with Gasteiger partial charge in [-0.25, -0.2) is 8.42 Å². The molecule has 1 unspecified atom stereocenters. The number of hydrogen-bond acceptors (Lipinski definition) is 3. The molecule has 0 bridgehead atoms. The van der Waals surface area contributed by atoms with Gasteiger partial charge >= 0.3 is 0 Å². The monoisotopic (exact) mass is 475 g/mol. The average molecular weight is 476 g/mol. The second-order valence-electron chi connectivity index (χ2n) is 8.56. The SMILES string of the molecule is CCC(C)(C)C1CCc2oc3ccc(NS(=O)(=O)c4ccc(Br)cc4)cc3c2C1. The van der Waals surface area contributed by atoms with E-state index in [0.29, 0.717) is 11.6 Å². The zero-order valence-electron chi connectivity index (χ0n) is 17.0. The van der Waals surface area contributed by atoms with Gasteiger partial charge in [-0.05, 0) is 66.6 Å². The van der Waals surface area contributed by atoms with Gasteiger partial charge in [0.05, 0.1) is 4.90 Å². The summed E-state index contributed by atoms with van der Waals surface area (Å²) >= 11 is 3.33. The summed E-state index contributed by atoms with van der Waals surface area (Å²) in [6.45, 7) is 6.92. The summed E-state index contributed by atoms with van der Waals surface area (Å²) in [5, 5.41) is 1.02. The van der Waals surface area contributed by atoms with Gasteiger partial charge in [0.1, 0.15) is 11.3 Å². The van der Waals surface area contributed by atoms with E-state index in [1.807, 2.05) is 12.1 Å². The molecule has 0 saturated heterocycles. The molecule has 1 aromatic heterocycles. The number of anilines is 1. The van der Waals surface area contributed by atoms with Gasteiger partial charge in [-0.1, -0.05) is 43.1 Å². The Kier molecular flexibility index (Phi) is 5.28. The van der Waals surface area contributed by atoms with Gasteiger partial charge in [0.25, 0.3) is 10.0 Å². The van der Waals surface area contributed by atoms with Gasteiger partial charge in [-0.2, -0.15) is 0 Å². The highest BCUT2D eigenvalue weighted by Crippen LogP contribution is 2.43. The molecule has 6 heteroatoms. The Hall–Kier alpha value is -1.79. The Balaban J connectivity index is 1.67. The number of furan rings is 1. The molecule has 0 saturated carbocycles. The first-order valence-electron chi connectivity index (χ1n) is 10.0. The van der Waals surface area contributed by atoms with E-state index in [1.54, 1.807) is 30.3 Å². The van der Waals surface area contributed by atoms with E-state index < -0.39 is 10.0 Å². The maximum atomic E-state index is 12.7. The molecule has 1 aliphatic carbocycles. The smallest absolute Gasteiger partial charge is 0.261 e. The van der Waals surface area contributed by atoms with E-state index in [2.05, 4.69) is 41.4 Å². The van der Waals surface area contributed by atoms with Crippen LogP contribution in [0.4, 0.5) is 5.69 Å². The lowest BCUT2D eigenvalue weighted by molar-refractivity contribution is 0.179. The van der Waals surface area contributed by atoms with Crippen molar-refractivity contribution in [3.63, 3.8) is 0 Å². The fraction of sp³-hybridized carbons (Fsp3) is 0.391. The van der Waals surface area contributed by atoms with Gasteiger partial charge in [0, 0.05) is 27.5 Å². The minimum Gasteiger partial charge on any atom is -0.461 e. The number of rotatable bonds is 5. The van der Waals surface area contributed by atoms with Crippen LogP contribution in [0.2, 0.25) is 0 Å². The van der Waals surface area contributed by atoms with Crippen molar-refractivity contribution in [1.29, 1.82) is 0 Å². The zero-order chi connectivity index (χ0) is 20.8. The van der Waals surface area contributed by atoms with E-state index in [1.165, 1.54) is 5.56 Å². The third-order valence-corrected chi connectivity index (χ3v) is 8.36. The van der Waals surface area contributed by atoms with Gasteiger partial charge in [-0.15, -0.1) is 0 Å². The van der Waals surface area contributed by atoms with Crippen LogP contribution in [0.5, 0.6) is 0 Å². The summed E-state index contributed by atoms with van der Waals surface area (Å²) in [6, 6.07) is 12.2. The molecular formula is C23H26BrNO3S. The third kappa shape index (κ3) is 3.97. The van der Waals surface area contributed by atoms with Crippen molar-refractivity contribution < 1.29 is 12.8 Å². The quantitative estimate of drug-likeness (QED) is 0.455. The first-order valence-corrected chi connectivity index (χ1v) is 12.3. The molecule has 1 atom stereocenters. The van der Waals surface area contributed by atoms with Gasteiger partial charge in [0.2, 0.25) is 0 Å². The minimum absolute atomic E-state index is 0.236. The maximum absolute atomic E-state index is 12.7. The molecule has 1 aliphatic rings. The molecule has 0 aliphatic heterocycles. The van der Waals surface area contributed by atoms with Crippen LogP contribution in [0.15, 0.2) is 56.2 Å². The number of nitrogens with one attached hydrogen (secondary N) is 1. The Labute approximate surface area is 180 Å². The molecule has 0 spiro atoms. The highest BCUT2D eigenvalue weighted by Gasteiger charge is 2.33. The van der Waals surface area contributed by atoms with Crippen LogP contribution in [-0.2, 0) is 22.9 Å². The van der Waals surface area contributed by atoms with Crippen molar-refractivity contribution in [3.05, 3.63) is 58.3 Å². The number of sulfonamides is 1. The summed E-state index contributed by atoms with van der Waals surface area (Å²) in [4.78, 5) is 0.236. The van der Waals surface area contributed by atoms with Crippen LogP contribution >= 0.6 is 15.9 Å². The number of hydrogen-bond donors (Lipinski definition) is 1. The Morgan fingerprint density at radius 1 is 1.17 bits per heavy atom. The molecule has 4 nitrogen and oxygen atoms in total. The maximum Gasteiger partial charge on any atom is 0.261 e. The lowest BCUT2D eigenvalue weighted by Gasteiger charge is -2.36. The Morgan fingerprint density at radius 2 is 1.90 bits per heavy atom. The lowest BCUT2D eigenvalue weighted by Crippen LogP contribution is -2.28. The van der Waals surface area contributed by atoms with Gasteiger partial charge < -0.3 is 4.42 Å². The first kappa shape index (κ1) is 20.5. The normalized spacial score (nSPS) is 17.3. The van der Waals surface area contributed by atoms with Crippen molar-refractivity contribution in [2.24, 2.45) is 11.3 Å². The van der Waals surface area contributed by atoms with E-state index in [4.69, 9.17) is 4.42 Å². The summed E-state index contributed by atoms with van der Waals surface area (Å²) in [7, 11) is -3.64. The van der Waals surface area contributed by atoms with Crippen LogP contribution in [-0.4, -0.2) is 8.42 Å². The summed E-state index contributed by atoms with van der Waals surface area (Å²) in [5.74, 6) is 1.65. The summed E-state index contributed by atoms with van der Waals surface area (Å²) in [5.41, 5.74) is 2.90. The zero-order valence-corrected chi connectivity index (χ0v) is 19.4. The van der Waals surface area contributed by atoms with Crippen LogP contribution in [0, 0.1) is 11.3 Å². The van der Waals surface area contributed by atoms with Gasteiger partial charge in [0.15, 0.2) is 0 Å². The molecule has 1 N–H and O–H groups in total. The average Bonchev–Trinajstić information content (AvgIpc) is 3.05. The lowest BCUT2D eigenvalue weighted by atomic mass is 9.69. The predicted octanol–water partition coefficient (Wildman–Crippen LogP) is 6.54. The van der Waals surface area contributed by atoms with E-state index >= 15 is 0 Å². The molecule has 3 aromatic rings. The topological polar surface area (TPSA) is 59.3 Å². The van der Waals surface area contributed by atoms with Crippen LogP contribution in [0.25, 0.3) is 11.0 Å². The number of fused-ring (bicyclic) bond motifs is 3. The highest BCUT2D eigenvalue weighted by atomic mass is 79.9. The molecule has 0 amide bonds. The summed E-state index contributed by atoms with van der Waals surface area (Å²) in [6.07, 6.45) is 4.20. The predicted molar refractivity (Wildman–Crippen MR) is 121 cm³/mol. The largest absolute Gasteiger partial charge is 0.461 e. The second kappa shape index (κ2) is 7.47. The van der Waals surface area contributed by atoms with E-state index in [-0.39, 0.29) is 10.3 Å². The third-order valence-electron chi connectivity index (χ3n) is 6.44. The van der Waals surface area contributed by atoms with Crippen molar-refractivity contribution in [2.45, 2.75) is 51.3 Å². The highest BCUT2D eigenvalue weighted by molar-refractivity contribution is 9.10. The Bertz CT molecular complexity index is 1150. The molecule has 4 rings (SSSR count).